The summed E-state index contributed by atoms with van der Waals surface area (Å²) in [6.45, 7) is 12.7. The first kappa shape index (κ1) is 52.2. The number of carbonyl (C=O) groups excluding carboxylic acids is 1. The monoisotopic (exact) mass is 1050 g/mol. The number of rotatable bonds is 17. The van der Waals surface area contributed by atoms with Gasteiger partial charge in [-0.2, -0.15) is 0 Å². The number of amides is 1. The van der Waals surface area contributed by atoms with Crippen LogP contribution in [-0.2, 0) is 6.54 Å². The molecule has 17 heteroatoms. The molecule has 2 aromatic carbocycles. The van der Waals surface area contributed by atoms with E-state index in [-0.39, 0.29) is 16.5 Å². The van der Waals surface area contributed by atoms with Gasteiger partial charge >= 0.3 is 0 Å². The fourth-order valence-electron chi connectivity index (χ4n) is 12.5. The lowest BCUT2D eigenvalue weighted by Crippen LogP contribution is -2.98. The molecule has 2 aliphatic heterocycles. The number of quaternary nitrogens is 1. The van der Waals surface area contributed by atoms with E-state index < -0.39 is 17.3 Å². The minimum Gasteiger partial charge on any atom is -0.629 e. The van der Waals surface area contributed by atoms with Crippen molar-refractivity contribution in [2.75, 3.05) is 63.6 Å². The Balaban J connectivity index is 0.762. The van der Waals surface area contributed by atoms with E-state index in [0.29, 0.717) is 74.8 Å². The third kappa shape index (κ3) is 11.4. The number of aromatic nitrogens is 4. The molecule has 6 heterocycles. The molecule has 15 nitrogen and oxygen atoms in total. The Morgan fingerprint density at radius 3 is 2.49 bits per heavy atom. The third-order valence-electron chi connectivity index (χ3n) is 17.2. The highest BCUT2D eigenvalue weighted by Crippen LogP contribution is 2.54. The number of piperidine rings is 1. The van der Waals surface area contributed by atoms with Crippen molar-refractivity contribution in [3.8, 4) is 17.2 Å². The molecule has 5 N–H and O–H groups in total. The van der Waals surface area contributed by atoms with Crippen LogP contribution in [0, 0.1) is 22.4 Å². The van der Waals surface area contributed by atoms with Crippen LogP contribution in [0.5, 0.6) is 17.2 Å². The average Bonchev–Trinajstić information content (AvgIpc) is 4.23. The maximum absolute atomic E-state index is 14.8. The standard InChI is InChI=1S/C59H73FN10O5S/c1-37(2)45-8-6-7-9-46(45)52-36-68(35-40-24-53(74-5)49(33-61-40)39-10-11-39)22-23-70(52)42-28-59(29-42)18-20-69(21-19-59)41-12-13-47(54(25-41)75-43-26-48-50(60)34-65-55(48)63-31-43)57(71)66-76-44-27-51(67(4)73)56(64-32-44)62-30-38-14-16-58(3,72)17-15-38/h6-9,12-13,24-27,31-34,37-39,42,52,67,72H,10-11,14-23,28-30,35-36H2,1-5H3,(H,62,64)(H,63,65)(H,66,71). The molecule has 4 aromatic heterocycles. The number of aromatic amines is 1. The van der Waals surface area contributed by atoms with Crippen LogP contribution in [0.25, 0.3) is 11.0 Å². The van der Waals surface area contributed by atoms with Crippen LogP contribution in [0.15, 0.2) is 90.3 Å². The predicted octanol–water partition coefficient (Wildman–Crippen LogP) is 10.0. The van der Waals surface area contributed by atoms with Gasteiger partial charge in [0.2, 0.25) is 0 Å². The number of hydrogen-bond acceptors (Lipinski definition) is 13. The lowest BCUT2D eigenvalue weighted by atomic mass is 9.59. The number of nitrogens with one attached hydrogen (secondary N) is 4. The number of H-pyrrole nitrogens is 1. The summed E-state index contributed by atoms with van der Waals surface area (Å²) in [5.74, 6) is 2.64. The molecule has 0 radical (unpaired) electrons. The largest absolute Gasteiger partial charge is 0.629 e. The van der Waals surface area contributed by atoms with E-state index >= 15 is 0 Å². The zero-order valence-electron chi connectivity index (χ0n) is 44.5. The Bertz CT molecular complexity index is 3030. The molecule has 6 aromatic rings. The van der Waals surface area contributed by atoms with Crippen LogP contribution in [0.4, 0.5) is 21.6 Å². The van der Waals surface area contributed by atoms with Gasteiger partial charge in [0, 0.05) is 106 Å². The van der Waals surface area contributed by atoms with Gasteiger partial charge in [-0.25, -0.2) is 14.4 Å². The highest BCUT2D eigenvalue weighted by Gasteiger charge is 2.50. The summed E-state index contributed by atoms with van der Waals surface area (Å²) >= 11 is 1.07. The average molecular weight is 1050 g/mol. The summed E-state index contributed by atoms with van der Waals surface area (Å²) < 4.78 is 30.0. The number of anilines is 2. The molecule has 3 aliphatic carbocycles. The first-order valence-corrected chi connectivity index (χ1v) is 28.3. The minimum absolute atomic E-state index is 0.140. The number of benzene rings is 2. The van der Waals surface area contributed by atoms with Crippen molar-refractivity contribution in [2.45, 2.75) is 126 Å². The topological polar surface area (TPSA) is 172 Å². The zero-order valence-corrected chi connectivity index (χ0v) is 45.4. The molecule has 5 aliphatic rings. The van der Waals surface area contributed by atoms with Crippen molar-refractivity contribution in [1.82, 2.24) is 34.5 Å². The molecule has 1 amide bonds. The Morgan fingerprint density at radius 2 is 1.74 bits per heavy atom. The molecular formula is C59H73FN10O5S. The van der Waals surface area contributed by atoms with Crippen LogP contribution in [0.3, 0.4) is 0 Å². The van der Waals surface area contributed by atoms with Gasteiger partial charge in [-0.1, -0.05) is 38.1 Å². The number of ether oxygens (including phenoxy) is 2. The van der Waals surface area contributed by atoms with Gasteiger partial charge in [-0.3, -0.25) is 24.3 Å². The summed E-state index contributed by atoms with van der Waals surface area (Å²) in [5, 5.41) is 26.7. The van der Waals surface area contributed by atoms with E-state index in [4.69, 9.17) is 14.5 Å². The van der Waals surface area contributed by atoms with Crippen molar-refractivity contribution in [3.05, 3.63) is 124 Å². The zero-order chi connectivity index (χ0) is 52.7. The van der Waals surface area contributed by atoms with Crippen molar-refractivity contribution >= 4 is 46.1 Å². The first-order valence-electron chi connectivity index (χ1n) is 27.4. The number of hydrogen-bond donors (Lipinski definition) is 5. The van der Waals surface area contributed by atoms with Gasteiger partial charge in [0.15, 0.2) is 11.5 Å². The number of pyridine rings is 3. The summed E-state index contributed by atoms with van der Waals surface area (Å²) in [6, 6.07) is 21.0. The fraction of sp³-hybridized carbons (Fsp3) is 0.492. The van der Waals surface area contributed by atoms with E-state index in [9.17, 15) is 19.5 Å². The Labute approximate surface area is 450 Å². The molecule has 0 bridgehead atoms. The lowest BCUT2D eigenvalue weighted by Gasteiger charge is -2.58. The third-order valence-corrected chi connectivity index (χ3v) is 17.9. The van der Waals surface area contributed by atoms with Gasteiger partial charge in [-0.15, -0.1) is 0 Å². The Hall–Kier alpha value is -5.82. The number of nitrogens with zero attached hydrogens (tertiary/aromatic N) is 6. The molecule has 76 heavy (non-hydrogen) atoms. The van der Waals surface area contributed by atoms with Crippen LogP contribution in [0.1, 0.15) is 136 Å². The van der Waals surface area contributed by atoms with Crippen LogP contribution >= 0.6 is 11.9 Å². The second kappa shape index (κ2) is 21.9. The smallest absolute Gasteiger partial charge is 0.265 e. The van der Waals surface area contributed by atoms with Gasteiger partial charge in [0.25, 0.3) is 5.91 Å². The molecule has 2 saturated heterocycles. The highest BCUT2D eigenvalue weighted by atomic mass is 32.2. The van der Waals surface area contributed by atoms with Crippen LogP contribution < -0.4 is 29.5 Å². The van der Waals surface area contributed by atoms with E-state index in [0.717, 1.165) is 107 Å². The first-order chi connectivity index (χ1) is 36.7. The van der Waals surface area contributed by atoms with Crippen LogP contribution in [-0.4, -0.2) is 106 Å². The van der Waals surface area contributed by atoms with Crippen molar-refractivity contribution in [1.29, 1.82) is 0 Å². The maximum Gasteiger partial charge on any atom is 0.265 e. The summed E-state index contributed by atoms with van der Waals surface area (Å²) in [4.78, 5) is 39.3. The summed E-state index contributed by atoms with van der Waals surface area (Å²) in [5.41, 5.74) is 6.91. The SMILES string of the molecule is COc1cc(CN2CCN(C3CC4(CCN(c5ccc(C(=O)NSc6cnc(NCC7CCC(C)(O)CC7)c([NH+](C)[O-])c6)c(Oc6cnc7[nH]cc(F)c7c6)c5)CC4)C3)C(c3ccccc3C(C)C)C2)ncc1C1CC1. The van der Waals surface area contributed by atoms with Crippen molar-refractivity contribution in [2.24, 2.45) is 11.3 Å². The minimum atomic E-state index is -0.619. The number of methoxy groups -OCH3 is 1. The Morgan fingerprint density at radius 1 is 0.947 bits per heavy atom. The van der Waals surface area contributed by atoms with E-state index in [1.54, 1.807) is 31.5 Å². The maximum atomic E-state index is 14.8. The van der Waals surface area contributed by atoms with E-state index in [1.165, 1.54) is 61.8 Å². The molecule has 1 spiro atoms. The second-order valence-electron chi connectivity index (χ2n) is 23.0. The highest BCUT2D eigenvalue weighted by molar-refractivity contribution is 7.98. The predicted molar refractivity (Wildman–Crippen MR) is 296 cm³/mol. The molecule has 402 valence electrons. The second-order valence-corrected chi connectivity index (χ2v) is 23.9. The number of piperazine rings is 1. The summed E-state index contributed by atoms with van der Waals surface area (Å²) in [7, 11) is 3.28. The number of fused-ring (bicyclic) bond motifs is 1. The van der Waals surface area contributed by atoms with Gasteiger partial charge in [0.1, 0.15) is 28.7 Å². The lowest BCUT2D eigenvalue weighted by molar-refractivity contribution is -0.751. The number of carbonyl (C=O) groups is 1. The van der Waals surface area contributed by atoms with E-state index in [2.05, 4.69) is 90.1 Å². The molecule has 2 atom stereocenters. The quantitative estimate of drug-likeness (QED) is 0.0432. The van der Waals surface area contributed by atoms with Gasteiger partial charge in [-0.05, 0) is 136 Å². The number of hydroxylamine groups is 1. The molecule has 11 rings (SSSR count). The van der Waals surface area contributed by atoms with Crippen molar-refractivity contribution in [3.63, 3.8) is 0 Å². The summed E-state index contributed by atoms with van der Waals surface area (Å²) in [6.07, 6.45) is 16.7. The molecular weight excluding hydrogens is 980 g/mol. The normalized spacial score (nSPS) is 22.7. The number of halogens is 1. The number of aliphatic hydroxyl groups is 1. The van der Waals surface area contributed by atoms with Crippen molar-refractivity contribution < 1.29 is 28.8 Å². The molecule has 5 fully saturated rings. The van der Waals surface area contributed by atoms with E-state index in [1.807, 2.05) is 19.1 Å². The van der Waals surface area contributed by atoms with Gasteiger partial charge < -0.3 is 40.1 Å². The fourth-order valence-corrected chi connectivity index (χ4v) is 13.1. The molecule has 3 saturated carbocycles. The Kier molecular flexibility index (Phi) is 15.1. The van der Waals surface area contributed by atoms with Crippen LogP contribution in [0.2, 0.25) is 0 Å². The molecule has 2 unspecified atom stereocenters. The van der Waals surface area contributed by atoms with Gasteiger partial charge in [0.05, 0.1) is 47.5 Å².